The standard InChI is InChI=1S/C15H17ClN2O2/c1-3-15(2,19)12-8-18-14(20-9-4-5-9)11-7-17-13(16)6-10(11)12/h6-9,19H,3-5H2,1-2H3. The molecule has 1 N–H and O–H groups in total. The van der Waals surface area contributed by atoms with Gasteiger partial charge in [0.15, 0.2) is 0 Å². The lowest BCUT2D eigenvalue weighted by Gasteiger charge is -2.23. The molecule has 0 amide bonds. The van der Waals surface area contributed by atoms with Crippen LogP contribution in [-0.4, -0.2) is 21.2 Å². The van der Waals surface area contributed by atoms with Crippen LogP contribution in [-0.2, 0) is 5.60 Å². The molecule has 5 heteroatoms. The second kappa shape index (κ2) is 4.86. The highest BCUT2D eigenvalue weighted by molar-refractivity contribution is 6.30. The highest BCUT2D eigenvalue weighted by Gasteiger charge is 2.28. The Bertz CT molecular complexity index is 654. The van der Waals surface area contributed by atoms with Crippen LogP contribution in [0.15, 0.2) is 18.5 Å². The van der Waals surface area contributed by atoms with Gasteiger partial charge in [-0.05, 0) is 37.6 Å². The van der Waals surface area contributed by atoms with Crippen molar-refractivity contribution in [2.24, 2.45) is 0 Å². The van der Waals surface area contributed by atoms with Gasteiger partial charge in [0.25, 0.3) is 0 Å². The maximum atomic E-state index is 10.5. The molecule has 0 spiro atoms. The average molecular weight is 293 g/mol. The molecule has 1 fully saturated rings. The molecule has 20 heavy (non-hydrogen) atoms. The van der Waals surface area contributed by atoms with Crippen molar-refractivity contribution in [1.82, 2.24) is 9.97 Å². The van der Waals surface area contributed by atoms with Gasteiger partial charge in [0.2, 0.25) is 5.88 Å². The van der Waals surface area contributed by atoms with E-state index in [2.05, 4.69) is 9.97 Å². The molecule has 2 aromatic heterocycles. The lowest BCUT2D eigenvalue weighted by Crippen LogP contribution is -2.20. The van der Waals surface area contributed by atoms with E-state index in [0.717, 1.165) is 29.2 Å². The smallest absolute Gasteiger partial charge is 0.223 e. The second-order valence-electron chi connectivity index (χ2n) is 5.47. The first-order valence-corrected chi connectivity index (χ1v) is 7.23. The van der Waals surface area contributed by atoms with Gasteiger partial charge >= 0.3 is 0 Å². The molecule has 4 nitrogen and oxygen atoms in total. The predicted octanol–water partition coefficient (Wildman–Crippen LogP) is 3.44. The van der Waals surface area contributed by atoms with Crippen LogP contribution in [0.5, 0.6) is 5.88 Å². The maximum Gasteiger partial charge on any atom is 0.223 e. The Morgan fingerprint density at radius 3 is 2.75 bits per heavy atom. The van der Waals surface area contributed by atoms with Gasteiger partial charge in [-0.25, -0.2) is 9.97 Å². The normalized spacial score (nSPS) is 18.0. The van der Waals surface area contributed by atoms with E-state index in [4.69, 9.17) is 16.3 Å². The van der Waals surface area contributed by atoms with Crippen LogP contribution in [0.1, 0.15) is 38.7 Å². The molecule has 1 unspecified atom stereocenters. The van der Waals surface area contributed by atoms with Gasteiger partial charge in [0.1, 0.15) is 11.3 Å². The largest absolute Gasteiger partial charge is 0.474 e. The Kier molecular flexibility index (Phi) is 3.30. The highest BCUT2D eigenvalue weighted by Crippen LogP contribution is 2.36. The minimum atomic E-state index is -0.950. The molecule has 0 aromatic carbocycles. The van der Waals surface area contributed by atoms with Crippen molar-refractivity contribution in [3.8, 4) is 5.88 Å². The first-order valence-electron chi connectivity index (χ1n) is 6.85. The van der Waals surface area contributed by atoms with Gasteiger partial charge in [0, 0.05) is 18.0 Å². The van der Waals surface area contributed by atoms with Crippen LogP contribution < -0.4 is 4.74 Å². The molecule has 0 saturated heterocycles. The third-order valence-corrected chi connectivity index (χ3v) is 3.98. The van der Waals surface area contributed by atoms with E-state index in [9.17, 15) is 5.11 Å². The van der Waals surface area contributed by atoms with Crippen molar-refractivity contribution >= 4 is 22.4 Å². The zero-order valence-electron chi connectivity index (χ0n) is 11.6. The summed E-state index contributed by atoms with van der Waals surface area (Å²) in [5.74, 6) is 0.572. The van der Waals surface area contributed by atoms with Gasteiger partial charge < -0.3 is 9.84 Å². The summed E-state index contributed by atoms with van der Waals surface area (Å²) in [4.78, 5) is 8.47. The molecule has 1 aliphatic rings. The third kappa shape index (κ3) is 2.45. The quantitative estimate of drug-likeness (QED) is 0.877. The SMILES string of the molecule is CCC(C)(O)c1cnc(OC2CC2)c2cnc(Cl)cc12. The van der Waals surface area contributed by atoms with Crippen molar-refractivity contribution in [3.05, 3.63) is 29.2 Å². The maximum absolute atomic E-state index is 10.5. The number of hydrogen-bond donors (Lipinski definition) is 1. The number of aliphatic hydroxyl groups is 1. The van der Waals surface area contributed by atoms with E-state index in [1.54, 1.807) is 25.4 Å². The van der Waals surface area contributed by atoms with Crippen molar-refractivity contribution in [1.29, 1.82) is 0 Å². The molecule has 1 aliphatic carbocycles. The summed E-state index contributed by atoms with van der Waals surface area (Å²) in [7, 11) is 0. The molecule has 3 rings (SSSR count). The van der Waals surface area contributed by atoms with Crippen LogP contribution in [0, 0.1) is 0 Å². The summed E-state index contributed by atoms with van der Waals surface area (Å²) in [6.07, 6.45) is 6.33. The minimum absolute atomic E-state index is 0.263. The average Bonchev–Trinajstić information content (AvgIpc) is 3.22. The zero-order valence-corrected chi connectivity index (χ0v) is 12.3. The number of fused-ring (bicyclic) bond motifs is 1. The minimum Gasteiger partial charge on any atom is -0.474 e. The van der Waals surface area contributed by atoms with Crippen LogP contribution >= 0.6 is 11.6 Å². The van der Waals surface area contributed by atoms with Gasteiger partial charge in [-0.1, -0.05) is 18.5 Å². The van der Waals surface area contributed by atoms with E-state index in [-0.39, 0.29) is 6.10 Å². The lowest BCUT2D eigenvalue weighted by atomic mass is 9.91. The Balaban J connectivity index is 2.19. The fourth-order valence-electron chi connectivity index (χ4n) is 2.14. The fourth-order valence-corrected chi connectivity index (χ4v) is 2.30. The van der Waals surface area contributed by atoms with Crippen LogP contribution in [0.3, 0.4) is 0 Å². The Morgan fingerprint density at radius 2 is 2.10 bits per heavy atom. The van der Waals surface area contributed by atoms with Crippen LogP contribution in [0.2, 0.25) is 5.15 Å². The molecule has 0 aliphatic heterocycles. The van der Waals surface area contributed by atoms with Gasteiger partial charge in [0.05, 0.1) is 11.0 Å². The number of hydrogen-bond acceptors (Lipinski definition) is 4. The molecule has 2 heterocycles. The molecule has 0 bridgehead atoms. The van der Waals surface area contributed by atoms with E-state index < -0.39 is 5.60 Å². The van der Waals surface area contributed by atoms with Crippen LogP contribution in [0.25, 0.3) is 10.8 Å². The zero-order chi connectivity index (χ0) is 14.3. The number of aromatic nitrogens is 2. The first-order chi connectivity index (χ1) is 9.51. The summed E-state index contributed by atoms with van der Waals surface area (Å²) in [6.45, 7) is 3.71. The number of ether oxygens (including phenoxy) is 1. The van der Waals surface area contributed by atoms with E-state index >= 15 is 0 Å². The Hall–Kier alpha value is -1.39. The van der Waals surface area contributed by atoms with E-state index in [0.29, 0.717) is 17.5 Å². The van der Waals surface area contributed by atoms with E-state index in [1.165, 1.54) is 0 Å². The highest BCUT2D eigenvalue weighted by atomic mass is 35.5. The number of halogens is 1. The molecule has 1 saturated carbocycles. The first kappa shape index (κ1) is 13.6. The van der Waals surface area contributed by atoms with E-state index in [1.807, 2.05) is 6.92 Å². The van der Waals surface area contributed by atoms with Crippen molar-refractivity contribution in [3.63, 3.8) is 0 Å². The third-order valence-electron chi connectivity index (χ3n) is 3.77. The number of nitrogens with zero attached hydrogens (tertiary/aromatic N) is 2. The summed E-state index contributed by atoms with van der Waals surface area (Å²) >= 11 is 6.00. The monoisotopic (exact) mass is 292 g/mol. The lowest BCUT2D eigenvalue weighted by molar-refractivity contribution is 0.0542. The summed E-state index contributed by atoms with van der Waals surface area (Å²) in [5.41, 5.74) is -0.198. The molecule has 1 atom stereocenters. The number of rotatable bonds is 4. The topological polar surface area (TPSA) is 55.2 Å². The van der Waals surface area contributed by atoms with Gasteiger partial charge in [-0.3, -0.25) is 0 Å². The Labute approximate surface area is 122 Å². The van der Waals surface area contributed by atoms with Gasteiger partial charge in [-0.2, -0.15) is 0 Å². The molecule has 106 valence electrons. The molecular formula is C15H17ClN2O2. The van der Waals surface area contributed by atoms with Crippen molar-refractivity contribution in [2.75, 3.05) is 0 Å². The molecule has 2 aromatic rings. The van der Waals surface area contributed by atoms with Gasteiger partial charge in [-0.15, -0.1) is 0 Å². The van der Waals surface area contributed by atoms with Crippen molar-refractivity contribution in [2.45, 2.75) is 44.8 Å². The second-order valence-corrected chi connectivity index (χ2v) is 5.86. The Morgan fingerprint density at radius 1 is 1.35 bits per heavy atom. The fraction of sp³-hybridized carbons (Fsp3) is 0.467. The number of pyridine rings is 2. The summed E-state index contributed by atoms with van der Waals surface area (Å²) < 4.78 is 5.80. The predicted molar refractivity (Wildman–Crippen MR) is 78.1 cm³/mol. The van der Waals surface area contributed by atoms with Crippen LogP contribution in [0.4, 0.5) is 0 Å². The summed E-state index contributed by atoms with van der Waals surface area (Å²) in [6, 6.07) is 1.76. The molecule has 0 radical (unpaired) electrons. The van der Waals surface area contributed by atoms with Crippen molar-refractivity contribution < 1.29 is 9.84 Å². The summed E-state index contributed by atoms with van der Waals surface area (Å²) in [5, 5.41) is 12.6. The molecular weight excluding hydrogens is 276 g/mol.